The number of nitrogens with one attached hydrogen (secondary N) is 1. The van der Waals surface area contributed by atoms with Gasteiger partial charge in [0.25, 0.3) is 11.8 Å². The summed E-state index contributed by atoms with van der Waals surface area (Å²) in [6.07, 6.45) is 0.0658. The number of anilines is 1. The second-order valence-corrected chi connectivity index (χ2v) is 7.30. The molecule has 0 saturated carbocycles. The summed E-state index contributed by atoms with van der Waals surface area (Å²) < 4.78 is 0. The number of rotatable bonds is 5. The average Bonchev–Trinajstić information content (AvgIpc) is 2.85. The molecule has 0 aromatic heterocycles. The number of aryl methyl sites for hydroxylation is 2. The molecule has 2 aromatic rings. The number of carbonyl (C=O) groups is 3. The van der Waals surface area contributed by atoms with Gasteiger partial charge in [-0.15, -0.1) is 0 Å². The fourth-order valence-electron chi connectivity index (χ4n) is 3.37. The molecule has 0 atom stereocenters. The first-order chi connectivity index (χ1) is 12.8. The summed E-state index contributed by atoms with van der Waals surface area (Å²) in [5.74, 6) is -0.592. The molecule has 1 N–H and O–H groups in total. The molecule has 0 bridgehead atoms. The zero-order valence-corrected chi connectivity index (χ0v) is 16.1. The minimum Gasteiger partial charge on any atom is -0.326 e. The molecule has 0 saturated heterocycles. The summed E-state index contributed by atoms with van der Waals surface area (Å²) in [6, 6.07) is 11.1. The summed E-state index contributed by atoms with van der Waals surface area (Å²) in [4.78, 5) is 38.6. The molecule has 0 aliphatic carbocycles. The van der Waals surface area contributed by atoms with E-state index in [1.807, 2.05) is 38.1 Å². The second-order valence-electron chi connectivity index (χ2n) is 7.30. The maximum absolute atomic E-state index is 12.5. The van der Waals surface area contributed by atoms with Crippen LogP contribution >= 0.6 is 0 Å². The van der Waals surface area contributed by atoms with E-state index in [1.165, 1.54) is 0 Å². The molecule has 3 rings (SSSR count). The normalized spacial score (nSPS) is 13.3. The molecular formula is C22H24N2O3. The number of benzene rings is 2. The van der Waals surface area contributed by atoms with E-state index in [1.54, 1.807) is 12.1 Å². The van der Waals surface area contributed by atoms with Gasteiger partial charge in [0, 0.05) is 18.7 Å². The molecule has 0 radical (unpaired) electrons. The Hall–Kier alpha value is -2.95. The molecule has 140 valence electrons. The summed E-state index contributed by atoms with van der Waals surface area (Å²) in [6.45, 7) is 8.05. The molecule has 5 nitrogen and oxygen atoms in total. The van der Waals surface area contributed by atoms with E-state index in [2.05, 4.69) is 19.2 Å². The van der Waals surface area contributed by atoms with Gasteiger partial charge >= 0.3 is 0 Å². The van der Waals surface area contributed by atoms with Crippen LogP contribution in [0.3, 0.4) is 0 Å². The highest BCUT2D eigenvalue weighted by Gasteiger charge is 2.35. The Morgan fingerprint density at radius 2 is 1.74 bits per heavy atom. The lowest BCUT2D eigenvalue weighted by Crippen LogP contribution is -2.33. The average molecular weight is 364 g/mol. The minimum atomic E-state index is -0.332. The molecule has 3 amide bonds. The lowest BCUT2D eigenvalue weighted by atomic mass is 9.98. The van der Waals surface area contributed by atoms with Crippen LogP contribution in [0.2, 0.25) is 0 Å². The largest absolute Gasteiger partial charge is 0.326 e. The van der Waals surface area contributed by atoms with Crippen molar-refractivity contribution < 1.29 is 14.4 Å². The Balaban J connectivity index is 1.69. The van der Waals surface area contributed by atoms with Crippen molar-refractivity contribution in [3.05, 3.63) is 64.2 Å². The number of hydrogen-bond donors (Lipinski definition) is 1. The first-order valence-corrected chi connectivity index (χ1v) is 9.15. The summed E-state index contributed by atoms with van der Waals surface area (Å²) in [7, 11) is 0. The number of amides is 3. The van der Waals surface area contributed by atoms with Crippen molar-refractivity contribution in [3.8, 4) is 0 Å². The Bertz CT molecular complexity index is 931. The number of hydrogen-bond acceptors (Lipinski definition) is 3. The lowest BCUT2D eigenvalue weighted by Gasteiger charge is -2.17. The van der Waals surface area contributed by atoms with Gasteiger partial charge in [-0.1, -0.05) is 43.7 Å². The van der Waals surface area contributed by atoms with Gasteiger partial charge in [0.05, 0.1) is 11.1 Å². The molecule has 0 unspecified atom stereocenters. The molecule has 27 heavy (non-hydrogen) atoms. The maximum Gasteiger partial charge on any atom is 0.261 e. The van der Waals surface area contributed by atoms with Crippen LogP contribution in [-0.2, 0) is 4.79 Å². The number of nitrogens with zero attached hydrogens (tertiary/aromatic N) is 1. The molecule has 2 aromatic carbocycles. The van der Waals surface area contributed by atoms with E-state index in [4.69, 9.17) is 0 Å². The number of fused-ring (bicyclic) bond motifs is 1. The van der Waals surface area contributed by atoms with Crippen LogP contribution in [0, 0.1) is 13.8 Å². The van der Waals surface area contributed by atoms with Crippen molar-refractivity contribution in [3.63, 3.8) is 0 Å². The second kappa shape index (κ2) is 7.35. The van der Waals surface area contributed by atoms with Crippen LogP contribution in [0.4, 0.5) is 5.69 Å². The zero-order valence-electron chi connectivity index (χ0n) is 16.1. The van der Waals surface area contributed by atoms with Crippen molar-refractivity contribution >= 4 is 23.4 Å². The third-order valence-electron chi connectivity index (χ3n) is 4.88. The fraction of sp³-hybridized carbons (Fsp3) is 0.318. The van der Waals surface area contributed by atoms with E-state index in [-0.39, 0.29) is 36.6 Å². The number of para-hydroxylation sites is 1. The monoisotopic (exact) mass is 364 g/mol. The summed E-state index contributed by atoms with van der Waals surface area (Å²) in [5, 5.41) is 2.96. The Morgan fingerprint density at radius 3 is 2.44 bits per heavy atom. The number of imide groups is 1. The molecule has 5 heteroatoms. The smallest absolute Gasteiger partial charge is 0.261 e. The van der Waals surface area contributed by atoms with Gasteiger partial charge in [-0.2, -0.15) is 0 Å². The van der Waals surface area contributed by atoms with Gasteiger partial charge in [-0.3, -0.25) is 19.3 Å². The predicted octanol–water partition coefficient (Wildman–Crippen LogP) is 4.05. The van der Waals surface area contributed by atoms with Gasteiger partial charge in [0.15, 0.2) is 0 Å². The third kappa shape index (κ3) is 3.63. The molecule has 1 heterocycles. The molecular weight excluding hydrogens is 340 g/mol. The predicted molar refractivity (Wildman–Crippen MR) is 105 cm³/mol. The zero-order chi connectivity index (χ0) is 19.7. The number of carbonyl (C=O) groups excluding carboxylic acids is 3. The lowest BCUT2D eigenvalue weighted by molar-refractivity contribution is -0.116. The van der Waals surface area contributed by atoms with Gasteiger partial charge < -0.3 is 5.32 Å². The highest BCUT2D eigenvalue weighted by molar-refractivity contribution is 6.21. The van der Waals surface area contributed by atoms with Crippen LogP contribution < -0.4 is 5.32 Å². The van der Waals surface area contributed by atoms with E-state index in [0.717, 1.165) is 27.3 Å². The van der Waals surface area contributed by atoms with Gasteiger partial charge in [0.1, 0.15) is 0 Å². The maximum atomic E-state index is 12.5. The van der Waals surface area contributed by atoms with Gasteiger partial charge in [-0.05, 0) is 43.0 Å². The third-order valence-corrected chi connectivity index (χ3v) is 4.88. The van der Waals surface area contributed by atoms with Crippen LogP contribution in [0.5, 0.6) is 0 Å². The Labute approximate surface area is 159 Å². The minimum absolute atomic E-state index is 0.0658. The van der Waals surface area contributed by atoms with E-state index >= 15 is 0 Å². The van der Waals surface area contributed by atoms with Gasteiger partial charge in [0.2, 0.25) is 5.91 Å². The topological polar surface area (TPSA) is 66.5 Å². The Kier molecular flexibility index (Phi) is 5.13. The summed E-state index contributed by atoms with van der Waals surface area (Å²) in [5.41, 5.74) is 4.63. The highest BCUT2D eigenvalue weighted by Crippen LogP contribution is 2.28. The first kappa shape index (κ1) is 18.8. The van der Waals surface area contributed by atoms with Crippen molar-refractivity contribution in [2.45, 2.75) is 40.0 Å². The molecule has 1 aliphatic rings. The van der Waals surface area contributed by atoms with Crippen molar-refractivity contribution in [1.82, 2.24) is 4.90 Å². The van der Waals surface area contributed by atoms with Crippen LogP contribution in [0.25, 0.3) is 0 Å². The standard InChI is InChI=1S/C22H24N2O3/c1-13(2)16-7-5-6-15(4)20(16)23-19(25)10-11-24-21(26)17-9-8-14(3)12-18(17)22(24)27/h5-9,12-13H,10-11H2,1-4H3,(H,23,25). The van der Waals surface area contributed by atoms with Crippen molar-refractivity contribution in [2.24, 2.45) is 0 Å². The molecule has 0 spiro atoms. The molecule has 0 fully saturated rings. The van der Waals surface area contributed by atoms with Crippen LogP contribution in [-0.4, -0.2) is 29.2 Å². The first-order valence-electron chi connectivity index (χ1n) is 9.15. The SMILES string of the molecule is Cc1ccc2c(c1)C(=O)N(CCC(=O)Nc1c(C)cccc1C(C)C)C2=O. The van der Waals surface area contributed by atoms with Crippen LogP contribution in [0.15, 0.2) is 36.4 Å². The van der Waals surface area contributed by atoms with Crippen molar-refractivity contribution in [1.29, 1.82) is 0 Å². The van der Waals surface area contributed by atoms with Crippen LogP contribution in [0.1, 0.15) is 63.6 Å². The van der Waals surface area contributed by atoms with E-state index in [0.29, 0.717) is 11.1 Å². The van der Waals surface area contributed by atoms with Gasteiger partial charge in [-0.25, -0.2) is 0 Å². The van der Waals surface area contributed by atoms with E-state index < -0.39 is 0 Å². The Morgan fingerprint density at radius 1 is 1.04 bits per heavy atom. The fourth-order valence-corrected chi connectivity index (χ4v) is 3.37. The van der Waals surface area contributed by atoms with E-state index in [9.17, 15) is 14.4 Å². The highest BCUT2D eigenvalue weighted by atomic mass is 16.2. The molecule has 1 aliphatic heterocycles. The summed E-state index contributed by atoms with van der Waals surface area (Å²) >= 11 is 0. The van der Waals surface area contributed by atoms with Crippen molar-refractivity contribution in [2.75, 3.05) is 11.9 Å². The quantitative estimate of drug-likeness (QED) is 0.814.